The molecule has 0 aromatic heterocycles. The number of nitrogens with two attached hydrogens (primary N) is 1. The van der Waals surface area contributed by atoms with E-state index in [1.54, 1.807) is 39.2 Å². The van der Waals surface area contributed by atoms with Crippen molar-refractivity contribution in [2.24, 2.45) is 29.4 Å². The Balaban J connectivity index is 1.89. The number of nitrogens with zero attached hydrogens (tertiary/aromatic N) is 2. The van der Waals surface area contributed by atoms with E-state index >= 15 is 0 Å². The summed E-state index contributed by atoms with van der Waals surface area (Å²) in [5.41, 5.74) is 3.87. The lowest BCUT2D eigenvalue weighted by Crippen LogP contribution is -2.74. The summed E-state index contributed by atoms with van der Waals surface area (Å²) in [6, 6.07) is 1.94. The summed E-state index contributed by atoms with van der Waals surface area (Å²) in [6.07, 6.45) is 0.278. The van der Waals surface area contributed by atoms with Crippen LogP contribution >= 0.6 is 0 Å². The van der Waals surface area contributed by atoms with Crippen molar-refractivity contribution in [1.82, 2.24) is 4.90 Å². The fraction of sp³-hybridized carbons (Fsp3) is 0.522. The predicted molar refractivity (Wildman–Crippen MR) is 116 cm³/mol. The third-order valence-corrected chi connectivity index (χ3v) is 7.40. The maximum atomic E-state index is 13.7. The van der Waals surface area contributed by atoms with Gasteiger partial charge in [-0.05, 0) is 50.6 Å². The van der Waals surface area contributed by atoms with Gasteiger partial charge in [0.15, 0.2) is 34.7 Å². The van der Waals surface area contributed by atoms with Gasteiger partial charge in [0.2, 0.25) is 5.91 Å². The van der Waals surface area contributed by atoms with Crippen LogP contribution in [0.5, 0.6) is 5.75 Å². The van der Waals surface area contributed by atoms with Crippen molar-refractivity contribution in [3.8, 4) is 5.75 Å². The third kappa shape index (κ3) is 2.97. The molecule has 0 radical (unpaired) electrons. The van der Waals surface area contributed by atoms with Crippen LogP contribution in [-0.2, 0) is 25.6 Å². The van der Waals surface area contributed by atoms with Crippen molar-refractivity contribution in [2.45, 2.75) is 24.5 Å². The summed E-state index contributed by atoms with van der Waals surface area (Å²) in [6.45, 7) is 0. The van der Waals surface area contributed by atoms with Crippen molar-refractivity contribution in [2.75, 3.05) is 33.1 Å². The van der Waals surface area contributed by atoms with Crippen LogP contribution in [0.3, 0.4) is 0 Å². The summed E-state index contributed by atoms with van der Waals surface area (Å²) < 4.78 is 0. The number of likely N-dealkylation sites (N-methyl/N-ethyl adjacent to an activating group) is 1. The second-order valence-corrected chi connectivity index (χ2v) is 9.64. The summed E-state index contributed by atoms with van der Waals surface area (Å²) in [4.78, 5) is 68.6. The first-order valence-electron chi connectivity index (χ1n) is 10.7. The van der Waals surface area contributed by atoms with E-state index in [1.165, 1.54) is 11.0 Å². The minimum Gasteiger partial charge on any atom is -0.507 e. The van der Waals surface area contributed by atoms with E-state index < -0.39 is 64.4 Å². The van der Waals surface area contributed by atoms with Crippen molar-refractivity contribution in [3.05, 3.63) is 23.3 Å². The van der Waals surface area contributed by atoms with Crippen molar-refractivity contribution >= 4 is 34.7 Å². The lowest BCUT2D eigenvalue weighted by atomic mass is 9.52. The average molecular weight is 457 g/mol. The number of rotatable bonds is 3. The topological polar surface area (TPSA) is 158 Å². The smallest absolute Gasteiger partial charge is 0.235 e. The molecule has 0 heterocycles. The van der Waals surface area contributed by atoms with Gasteiger partial charge in [0.05, 0.1) is 17.5 Å². The van der Waals surface area contributed by atoms with Gasteiger partial charge in [0, 0.05) is 25.7 Å². The molecule has 176 valence electrons. The van der Waals surface area contributed by atoms with Crippen LogP contribution in [0, 0.1) is 23.7 Å². The number of phenols is 1. The van der Waals surface area contributed by atoms with Crippen LogP contribution in [-0.4, -0.2) is 84.0 Å². The molecule has 2 fully saturated rings. The molecule has 4 N–H and O–H groups in total. The van der Waals surface area contributed by atoms with E-state index in [0.717, 1.165) is 0 Å². The fourth-order valence-electron chi connectivity index (χ4n) is 6.01. The number of primary amides is 1. The van der Waals surface area contributed by atoms with Crippen LogP contribution in [0.4, 0.5) is 5.69 Å². The first-order valence-corrected chi connectivity index (χ1v) is 10.7. The molecule has 3 aliphatic rings. The van der Waals surface area contributed by atoms with Crippen molar-refractivity contribution < 1.29 is 34.2 Å². The highest BCUT2D eigenvalue weighted by Crippen LogP contribution is 2.51. The van der Waals surface area contributed by atoms with Crippen LogP contribution in [0.1, 0.15) is 22.3 Å². The van der Waals surface area contributed by atoms with Gasteiger partial charge in [-0.15, -0.1) is 0 Å². The maximum Gasteiger partial charge on any atom is 0.235 e. The van der Waals surface area contributed by atoms with Crippen LogP contribution in [0.25, 0.3) is 0 Å². The molecule has 0 bridgehead atoms. The molecular weight excluding hydrogens is 430 g/mol. The molecule has 6 atom stereocenters. The molecule has 1 amide bonds. The number of aromatic hydroxyl groups is 1. The summed E-state index contributed by atoms with van der Waals surface area (Å²) in [5.74, 6) is -10.3. The van der Waals surface area contributed by atoms with E-state index in [1.807, 2.05) is 0 Å². The number of ketones is 4. The Labute approximate surface area is 190 Å². The minimum absolute atomic E-state index is 0.00667. The highest BCUT2D eigenvalue weighted by Gasteiger charge is 2.69. The quantitative estimate of drug-likeness (QED) is 0.481. The van der Waals surface area contributed by atoms with Gasteiger partial charge in [-0.1, -0.05) is 0 Å². The largest absolute Gasteiger partial charge is 0.507 e. The summed E-state index contributed by atoms with van der Waals surface area (Å²) >= 11 is 0. The Morgan fingerprint density at radius 3 is 2.27 bits per heavy atom. The van der Waals surface area contributed by atoms with Gasteiger partial charge in [-0.3, -0.25) is 28.9 Å². The Morgan fingerprint density at radius 1 is 1.09 bits per heavy atom. The van der Waals surface area contributed by atoms with Gasteiger partial charge in [-0.2, -0.15) is 0 Å². The zero-order valence-electron chi connectivity index (χ0n) is 18.9. The number of phenolic OH excluding ortho intramolecular Hbond substituents is 1. The third-order valence-electron chi connectivity index (χ3n) is 7.40. The molecule has 0 spiro atoms. The second kappa shape index (κ2) is 7.46. The van der Waals surface area contributed by atoms with Crippen LogP contribution in [0.15, 0.2) is 12.1 Å². The number of aliphatic hydroxyl groups is 1. The van der Waals surface area contributed by atoms with E-state index in [2.05, 4.69) is 0 Å². The highest BCUT2D eigenvalue weighted by atomic mass is 16.3. The fourth-order valence-corrected chi connectivity index (χ4v) is 6.01. The molecule has 0 aliphatic heterocycles. The van der Waals surface area contributed by atoms with Crippen LogP contribution in [0.2, 0.25) is 0 Å². The summed E-state index contributed by atoms with van der Waals surface area (Å²) in [7, 11) is 6.69. The molecule has 3 aliphatic carbocycles. The predicted octanol–water partition coefficient (Wildman–Crippen LogP) is -1.07. The van der Waals surface area contributed by atoms with E-state index in [4.69, 9.17) is 5.73 Å². The van der Waals surface area contributed by atoms with Gasteiger partial charge >= 0.3 is 0 Å². The standard InChI is InChI=1S/C23H27N3O7/c1-25(2)12-5-6-13(27)15-10(12)7-9-8-11-17(26(3)4)19(29)16(22(24)32)21(31)23(11,33)20(30)14(9)18(15)28/h5-6,9,11,14,16-17,27,33H,7-8H2,1-4H3,(H2,24,32)/t9-,11-,14-,16+,17-,23-/m0/s1. The molecule has 0 unspecified atom stereocenters. The van der Waals surface area contributed by atoms with Gasteiger partial charge in [0.25, 0.3) is 0 Å². The second-order valence-electron chi connectivity index (χ2n) is 9.64. The highest BCUT2D eigenvalue weighted by molar-refractivity contribution is 6.32. The Morgan fingerprint density at radius 2 is 1.73 bits per heavy atom. The lowest BCUT2D eigenvalue weighted by Gasteiger charge is -2.52. The molecule has 4 rings (SSSR count). The monoisotopic (exact) mass is 457 g/mol. The first kappa shape index (κ1) is 23.1. The lowest BCUT2D eigenvalue weighted by molar-refractivity contribution is -0.181. The molecular formula is C23H27N3O7. The van der Waals surface area contributed by atoms with Gasteiger partial charge < -0.3 is 20.8 Å². The maximum absolute atomic E-state index is 13.7. The molecule has 10 heteroatoms. The normalized spacial score (nSPS) is 33.5. The number of carbonyl (C=O) groups is 5. The Hall–Kier alpha value is -3.11. The minimum atomic E-state index is -2.70. The SMILES string of the molecule is CN(C)c1ccc(O)c2c1C[C@H]1C[C@H]3[C@H](N(C)C)C(=O)[C@@H](C(N)=O)C(=O)[C@@]3(O)C(=O)[C@@H]1C2=O. The molecule has 0 saturated heterocycles. The number of Topliss-reactive ketones (excluding diaryl/α,β-unsaturated/α-hetero) is 4. The number of hydrogen-bond acceptors (Lipinski definition) is 9. The van der Waals surface area contributed by atoms with Crippen molar-refractivity contribution in [1.29, 1.82) is 0 Å². The average Bonchev–Trinajstić information content (AvgIpc) is 2.70. The molecule has 1 aromatic rings. The summed E-state index contributed by atoms with van der Waals surface area (Å²) in [5, 5.41) is 21.9. The molecule has 10 nitrogen and oxygen atoms in total. The number of fused-ring (bicyclic) bond motifs is 3. The Bertz CT molecular complexity index is 1110. The zero-order valence-corrected chi connectivity index (χ0v) is 18.9. The van der Waals surface area contributed by atoms with Crippen LogP contribution < -0.4 is 10.6 Å². The van der Waals surface area contributed by atoms with Gasteiger partial charge in [0.1, 0.15) is 5.75 Å². The zero-order chi connectivity index (χ0) is 24.6. The first-order chi connectivity index (χ1) is 15.3. The van der Waals surface area contributed by atoms with E-state index in [-0.39, 0.29) is 24.2 Å². The van der Waals surface area contributed by atoms with E-state index in [0.29, 0.717) is 11.3 Å². The Kier molecular flexibility index (Phi) is 5.21. The number of benzene rings is 1. The van der Waals surface area contributed by atoms with Gasteiger partial charge in [-0.25, -0.2) is 0 Å². The van der Waals surface area contributed by atoms with E-state index in [9.17, 15) is 34.2 Å². The van der Waals surface area contributed by atoms with Crippen molar-refractivity contribution in [3.63, 3.8) is 0 Å². The molecule has 33 heavy (non-hydrogen) atoms. The molecule has 2 saturated carbocycles. The number of anilines is 1. The number of carbonyl (C=O) groups excluding carboxylic acids is 5. The number of amides is 1. The number of hydrogen-bond donors (Lipinski definition) is 3. The molecule has 1 aromatic carbocycles.